The molecule has 1 atom stereocenters. The highest BCUT2D eigenvalue weighted by Crippen LogP contribution is 2.44. The van der Waals surface area contributed by atoms with Gasteiger partial charge in [-0.1, -0.05) is 48.5 Å². The molecule has 3 aromatic rings. The van der Waals surface area contributed by atoms with Crippen LogP contribution >= 0.6 is 0 Å². The normalized spacial score (nSPS) is 13.2. The Balaban J connectivity index is 1.43. The first-order valence-corrected chi connectivity index (χ1v) is 9.40. The van der Waals surface area contributed by atoms with Gasteiger partial charge < -0.3 is 15.2 Å². The molecule has 2 aromatic carbocycles. The van der Waals surface area contributed by atoms with E-state index >= 15 is 0 Å². The summed E-state index contributed by atoms with van der Waals surface area (Å²) < 4.78 is 5.39. The average molecular weight is 405 g/mol. The minimum Gasteiger partial charge on any atom is -0.480 e. The summed E-state index contributed by atoms with van der Waals surface area (Å²) in [6.07, 6.45) is -0.975. The molecule has 0 saturated carbocycles. The minimum absolute atomic E-state index is 0.0936. The molecule has 0 spiro atoms. The molecule has 152 valence electrons. The van der Waals surface area contributed by atoms with Crippen LogP contribution in [0.15, 0.2) is 48.5 Å². The highest BCUT2D eigenvalue weighted by Gasteiger charge is 2.30. The van der Waals surface area contributed by atoms with Gasteiger partial charge in [-0.05, 0) is 29.2 Å². The molecule has 9 nitrogen and oxygen atoms in total. The van der Waals surface area contributed by atoms with Crippen molar-refractivity contribution >= 4 is 12.1 Å². The fourth-order valence-electron chi connectivity index (χ4n) is 3.55. The third-order valence-corrected chi connectivity index (χ3v) is 4.94. The van der Waals surface area contributed by atoms with Gasteiger partial charge in [0, 0.05) is 12.3 Å². The van der Waals surface area contributed by atoms with Crippen LogP contribution < -0.4 is 5.32 Å². The van der Waals surface area contributed by atoms with Crippen molar-refractivity contribution in [2.24, 2.45) is 0 Å². The van der Waals surface area contributed by atoms with Crippen molar-refractivity contribution in [3.05, 3.63) is 71.3 Å². The molecular formula is C21H19N5O4. The first kappa shape index (κ1) is 19.4. The molecular weight excluding hydrogens is 386 g/mol. The van der Waals surface area contributed by atoms with Crippen LogP contribution in [0.5, 0.6) is 0 Å². The number of benzene rings is 2. The van der Waals surface area contributed by atoms with Crippen molar-refractivity contribution in [2.75, 3.05) is 6.61 Å². The maximum absolute atomic E-state index is 12.3. The predicted octanol–water partition coefficient (Wildman–Crippen LogP) is 2.11. The van der Waals surface area contributed by atoms with Crippen LogP contribution in [-0.2, 0) is 16.0 Å². The maximum Gasteiger partial charge on any atom is 0.407 e. The Bertz CT molecular complexity index is 1040. The number of aliphatic carboxylic acids is 1. The Morgan fingerprint density at radius 3 is 2.13 bits per heavy atom. The second kappa shape index (κ2) is 8.24. The van der Waals surface area contributed by atoms with Gasteiger partial charge in [0.15, 0.2) is 11.6 Å². The molecule has 0 aliphatic heterocycles. The van der Waals surface area contributed by atoms with Gasteiger partial charge in [0.2, 0.25) is 0 Å². The van der Waals surface area contributed by atoms with Crippen LogP contribution in [0, 0.1) is 6.92 Å². The zero-order chi connectivity index (χ0) is 21.1. The number of carboxylic acids is 1. The number of aryl methyl sites for hydroxylation is 1. The summed E-state index contributed by atoms with van der Waals surface area (Å²) in [7, 11) is 0. The van der Waals surface area contributed by atoms with Crippen molar-refractivity contribution in [1.82, 2.24) is 25.7 Å². The number of carboxylic acid groups (broad SMARTS) is 1. The largest absolute Gasteiger partial charge is 0.480 e. The highest BCUT2D eigenvalue weighted by atomic mass is 16.5. The predicted molar refractivity (Wildman–Crippen MR) is 106 cm³/mol. The van der Waals surface area contributed by atoms with Crippen LogP contribution in [0.4, 0.5) is 4.79 Å². The Morgan fingerprint density at radius 2 is 1.57 bits per heavy atom. The van der Waals surface area contributed by atoms with Gasteiger partial charge in [0.1, 0.15) is 12.6 Å². The third-order valence-electron chi connectivity index (χ3n) is 4.94. The molecule has 0 fully saturated rings. The van der Waals surface area contributed by atoms with Crippen LogP contribution in [0.3, 0.4) is 0 Å². The SMILES string of the molecule is Cc1nnc(C[C@H](NC(=O)OCC2c3ccccc3-c3ccccc32)C(=O)O)nn1. The van der Waals surface area contributed by atoms with E-state index in [9.17, 15) is 14.7 Å². The number of fused-ring (bicyclic) bond motifs is 3. The van der Waals surface area contributed by atoms with E-state index in [1.807, 2.05) is 48.5 Å². The third kappa shape index (κ3) is 3.95. The number of carbonyl (C=O) groups is 2. The molecule has 1 aliphatic carbocycles. The number of carbonyl (C=O) groups excluding carboxylic acids is 1. The van der Waals surface area contributed by atoms with E-state index in [0.717, 1.165) is 22.3 Å². The number of alkyl carbamates (subject to hydrolysis) is 1. The minimum atomic E-state index is -1.26. The summed E-state index contributed by atoms with van der Waals surface area (Å²) in [5, 5.41) is 26.8. The van der Waals surface area contributed by atoms with Crippen LogP contribution in [0.2, 0.25) is 0 Å². The Hall–Kier alpha value is -3.88. The summed E-state index contributed by atoms with van der Waals surface area (Å²) in [4.78, 5) is 23.8. The number of nitrogens with one attached hydrogen (secondary N) is 1. The fourth-order valence-corrected chi connectivity index (χ4v) is 3.55. The van der Waals surface area contributed by atoms with E-state index in [1.54, 1.807) is 6.92 Å². The van der Waals surface area contributed by atoms with Crippen molar-refractivity contribution < 1.29 is 19.4 Å². The topological polar surface area (TPSA) is 127 Å². The van der Waals surface area contributed by atoms with Crippen LogP contribution in [0.1, 0.15) is 28.7 Å². The number of hydrogen-bond donors (Lipinski definition) is 2. The lowest BCUT2D eigenvalue weighted by molar-refractivity contribution is -0.139. The molecule has 0 saturated heterocycles. The average Bonchev–Trinajstić information content (AvgIpc) is 3.07. The standard InChI is InChI=1S/C21H19N5O4/c1-12-23-25-19(26-24-12)10-18(20(27)28)22-21(29)30-11-17-15-8-4-2-6-13(15)14-7-3-5-9-16(14)17/h2-9,17-18H,10-11H2,1H3,(H,22,29)(H,27,28)/t18-/m0/s1. The number of ether oxygens (including phenoxy) is 1. The Labute approximate surface area is 172 Å². The summed E-state index contributed by atoms with van der Waals surface area (Å²) in [5.41, 5.74) is 4.38. The van der Waals surface area contributed by atoms with Gasteiger partial charge in [-0.3, -0.25) is 0 Å². The van der Waals surface area contributed by atoms with Gasteiger partial charge in [0.25, 0.3) is 0 Å². The summed E-state index contributed by atoms with van der Waals surface area (Å²) >= 11 is 0. The molecule has 1 heterocycles. The monoisotopic (exact) mass is 405 g/mol. The summed E-state index contributed by atoms with van der Waals surface area (Å²) in [6, 6.07) is 14.7. The van der Waals surface area contributed by atoms with Crippen LogP contribution in [0.25, 0.3) is 11.1 Å². The number of nitrogens with zero attached hydrogens (tertiary/aromatic N) is 4. The zero-order valence-electron chi connectivity index (χ0n) is 16.1. The highest BCUT2D eigenvalue weighted by molar-refractivity contribution is 5.81. The van der Waals surface area contributed by atoms with E-state index in [0.29, 0.717) is 5.82 Å². The quantitative estimate of drug-likeness (QED) is 0.638. The van der Waals surface area contributed by atoms with Gasteiger partial charge >= 0.3 is 12.1 Å². The Kier molecular flexibility index (Phi) is 5.34. The van der Waals surface area contributed by atoms with Gasteiger partial charge in [-0.15, -0.1) is 20.4 Å². The number of rotatable bonds is 6. The summed E-state index contributed by atoms with van der Waals surface area (Å²) in [6.45, 7) is 1.71. The molecule has 0 unspecified atom stereocenters. The number of amides is 1. The van der Waals surface area contributed by atoms with E-state index in [1.165, 1.54) is 0 Å². The zero-order valence-corrected chi connectivity index (χ0v) is 16.1. The molecule has 1 aromatic heterocycles. The Morgan fingerprint density at radius 1 is 1.00 bits per heavy atom. The second-order valence-electron chi connectivity index (χ2n) is 6.93. The molecule has 4 rings (SSSR count). The van der Waals surface area contributed by atoms with E-state index in [-0.39, 0.29) is 24.8 Å². The molecule has 0 radical (unpaired) electrons. The fraction of sp³-hybridized carbons (Fsp3) is 0.238. The van der Waals surface area contributed by atoms with Crippen molar-refractivity contribution in [1.29, 1.82) is 0 Å². The summed E-state index contributed by atoms with van der Waals surface area (Å²) in [5.74, 6) is -0.852. The van der Waals surface area contributed by atoms with Gasteiger partial charge in [-0.25, -0.2) is 9.59 Å². The molecule has 1 aliphatic rings. The van der Waals surface area contributed by atoms with Crippen molar-refractivity contribution in [3.8, 4) is 11.1 Å². The number of aromatic nitrogens is 4. The molecule has 30 heavy (non-hydrogen) atoms. The first-order valence-electron chi connectivity index (χ1n) is 9.40. The smallest absolute Gasteiger partial charge is 0.407 e. The lowest BCUT2D eigenvalue weighted by Crippen LogP contribution is -2.43. The van der Waals surface area contributed by atoms with Crippen molar-refractivity contribution in [3.63, 3.8) is 0 Å². The number of hydrogen-bond acceptors (Lipinski definition) is 7. The molecule has 9 heteroatoms. The maximum atomic E-state index is 12.3. The lowest BCUT2D eigenvalue weighted by Gasteiger charge is -2.17. The van der Waals surface area contributed by atoms with E-state index in [4.69, 9.17) is 4.74 Å². The molecule has 2 N–H and O–H groups in total. The lowest BCUT2D eigenvalue weighted by atomic mass is 9.98. The van der Waals surface area contributed by atoms with Crippen molar-refractivity contribution in [2.45, 2.75) is 25.3 Å². The van der Waals surface area contributed by atoms with Gasteiger partial charge in [-0.2, -0.15) is 0 Å². The van der Waals surface area contributed by atoms with Gasteiger partial charge in [0.05, 0.1) is 0 Å². The molecule has 0 bridgehead atoms. The molecule has 1 amide bonds. The van der Waals surface area contributed by atoms with E-state index in [2.05, 4.69) is 25.7 Å². The first-order chi connectivity index (χ1) is 14.5. The second-order valence-corrected chi connectivity index (χ2v) is 6.93. The van der Waals surface area contributed by atoms with Crippen LogP contribution in [-0.4, -0.2) is 50.2 Å². The van der Waals surface area contributed by atoms with E-state index < -0.39 is 18.1 Å².